The van der Waals surface area contributed by atoms with Crippen LogP contribution >= 0.6 is 35.6 Å². The predicted octanol–water partition coefficient (Wildman–Crippen LogP) is 3.38. The first-order valence-corrected chi connectivity index (χ1v) is 10.0. The Labute approximate surface area is 181 Å². The van der Waals surface area contributed by atoms with E-state index >= 15 is 0 Å². The van der Waals surface area contributed by atoms with Gasteiger partial charge in [0.05, 0.1) is 29.6 Å². The average Bonchev–Trinajstić information content (AvgIpc) is 3.17. The number of methoxy groups -OCH3 is 1. The summed E-state index contributed by atoms with van der Waals surface area (Å²) in [5.74, 6) is 0.0425. The number of nitrogens with zero attached hydrogens (tertiary/aromatic N) is 2. The van der Waals surface area contributed by atoms with Crippen LogP contribution in [0.5, 0.6) is 0 Å². The van der Waals surface area contributed by atoms with Gasteiger partial charge in [-0.05, 0) is 43.5 Å². The van der Waals surface area contributed by atoms with E-state index in [4.69, 9.17) is 27.9 Å². The van der Waals surface area contributed by atoms with Crippen LogP contribution in [0.3, 0.4) is 0 Å². The van der Waals surface area contributed by atoms with Crippen molar-refractivity contribution >= 4 is 47.6 Å². The second-order valence-corrected chi connectivity index (χ2v) is 7.93. The molecule has 6 nitrogen and oxygen atoms in total. The summed E-state index contributed by atoms with van der Waals surface area (Å²) >= 11 is 12.0. The summed E-state index contributed by atoms with van der Waals surface area (Å²) in [4.78, 5) is 28.5. The average molecular weight is 451 g/mol. The van der Waals surface area contributed by atoms with Crippen molar-refractivity contribution < 1.29 is 14.3 Å². The van der Waals surface area contributed by atoms with Gasteiger partial charge in [-0.15, -0.1) is 12.4 Å². The Morgan fingerprint density at radius 1 is 1.25 bits per heavy atom. The van der Waals surface area contributed by atoms with E-state index < -0.39 is 0 Å². The summed E-state index contributed by atoms with van der Waals surface area (Å²) in [5, 5.41) is 4.40. The molecule has 156 valence electrons. The molecule has 1 aromatic carbocycles. The maximum absolute atomic E-state index is 13.0. The van der Waals surface area contributed by atoms with Gasteiger partial charge in [-0.3, -0.25) is 4.79 Å². The van der Waals surface area contributed by atoms with E-state index in [1.807, 2.05) is 11.0 Å². The van der Waals surface area contributed by atoms with E-state index in [1.165, 1.54) is 7.11 Å². The number of piperazine rings is 1. The quantitative estimate of drug-likeness (QED) is 0.764. The van der Waals surface area contributed by atoms with Gasteiger partial charge < -0.3 is 19.9 Å². The highest BCUT2D eigenvalue weighted by molar-refractivity contribution is 6.42. The van der Waals surface area contributed by atoms with Crippen LogP contribution in [0.4, 0.5) is 4.79 Å². The number of halogens is 3. The van der Waals surface area contributed by atoms with Crippen molar-refractivity contribution in [2.75, 3.05) is 33.3 Å². The number of nitrogens with one attached hydrogen (secondary N) is 1. The minimum absolute atomic E-state index is 0. The molecular weight excluding hydrogens is 425 g/mol. The third-order valence-electron chi connectivity index (χ3n) is 5.29. The first kappa shape index (κ1) is 23.1. The number of rotatable bonds is 4. The van der Waals surface area contributed by atoms with Crippen LogP contribution in [-0.2, 0) is 16.0 Å². The fourth-order valence-electron chi connectivity index (χ4n) is 3.89. The Hall–Kier alpha value is -1.21. The molecule has 28 heavy (non-hydrogen) atoms. The summed E-state index contributed by atoms with van der Waals surface area (Å²) in [5.41, 5.74) is 0.836. The summed E-state index contributed by atoms with van der Waals surface area (Å²) in [7, 11) is 1.39. The highest BCUT2D eigenvalue weighted by Gasteiger charge is 2.34. The molecule has 2 unspecified atom stereocenters. The fraction of sp³-hybridized carbons (Fsp3) is 0.579. The van der Waals surface area contributed by atoms with Gasteiger partial charge in [0.2, 0.25) is 5.91 Å². The van der Waals surface area contributed by atoms with Crippen LogP contribution in [0.2, 0.25) is 10.0 Å². The molecule has 1 aromatic rings. The van der Waals surface area contributed by atoms with E-state index in [0.29, 0.717) is 35.7 Å². The van der Waals surface area contributed by atoms with Gasteiger partial charge in [0.15, 0.2) is 0 Å². The minimum Gasteiger partial charge on any atom is -0.453 e. The first-order valence-electron chi connectivity index (χ1n) is 9.27. The lowest BCUT2D eigenvalue weighted by Crippen LogP contribution is -2.58. The fourth-order valence-corrected chi connectivity index (χ4v) is 4.21. The Morgan fingerprint density at radius 2 is 2.04 bits per heavy atom. The lowest BCUT2D eigenvalue weighted by Gasteiger charge is -2.42. The van der Waals surface area contributed by atoms with Gasteiger partial charge in [-0.2, -0.15) is 0 Å². The predicted molar refractivity (Wildman–Crippen MR) is 113 cm³/mol. The molecule has 0 radical (unpaired) electrons. The SMILES string of the molecule is COC(=O)N1CCN(C(=O)Cc2ccc(Cl)c(Cl)c2)C(CC2CCCN2)C1.Cl. The maximum atomic E-state index is 13.0. The van der Waals surface area contributed by atoms with Crippen molar-refractivity contribution in [3.63, 3.8) is 0 Å². The molecule has 0 aliphatic carbocycles. The van der Waals surface area contributed by atoms with Crippen molar-refractivity contribution in [2.24, 2.45) is 0 Å². The molecule has 2 heterocycles. The van der Waals surface area contributed by atoms with Crippen LogP contribution in [0.1, 0.15) is 24.8 Å². The third-order valence-corrected chi connectivity index (χ3v) is 6.03. The largest absolute Gasteiger partial charge is 0.453 e. The third kappa shape index (κ3) is 5.66. The molecule has 0 bridgehead atoms. The summed E-state index contributed by atoms with van der Waals surface area (Å²) < 4.78 is 4.86. The molecule has 2 aliphatic heterocycles. The summed E-state index contributed by atoms with van der Waals surface area (Å²) in [6.07, 6.45) is 3.01. The van der Waals surface area contributed by atoms with Crippen molar-refractivity contribution in [2.45, 2.75) is 37.8 Å². The maximum Gasteiger partial charge on any atom is 0.409 e. The Bertz CT molecular complexity index is 698. The van der Waals surface area contributed by atoms with Crippen LogP contribution < -0.4 is 5.32 Å². The second kappa shape index (κ2) is 10.5. The molecule has 0 saturated carbocycles. The summed E-state index contributed by atoms with van der Waals surface area (Å²) in [6.45, 7) is 2.49. The molecule has 2 fully saturated rings. The zero-order valence-corrected chi connectivity index (χ0v) is 18.2. The molecule has 3 rings (SSSR count). The highest BCUT2D eigenvalue weighted by atomic mass is 35.5. The van der Waals surface area contributed by atoms with Crippen LogP contribution in [0.25, 0.3) is 0 Å². The van der Waals surface area contributed by atoms with Crippen LogP contribution in [0.15, 0.2) is 18.2 Å². The van der Waals surface area contributed by atoms with Gasteiger partial charge >= 0.3 is 6.09 Å². The van der Waals surface area contributed by atoms with Gasteiger partial charge in [-0.25, -0.2) is 4.79 Å². The highest BCUT2D eigenvalue weighted by Crippen LogP contribution is 2.24. The van der Waals surface area contributed by atoms with E-state index in [-0.39, 0.29) is 36.9 Å². The van der Waals surface area contributed by atoms with E-state index in [2.05, 4.69) is 5.32 Å². The van der Waals surface area contributed by atoms with Gasteiger partial charge in [0.25, 0.3) is 0 Å². The lowest BCUT2D eigenvalue weighted by atomic mass is 10.0. The number of ether oxygens (including phenoxy) is 1. The molecular formula is C19H26Cl3N3O3. The Morgan fingerprint density at radius 3 is 2.68 bits per heavy atom. The van der Waals surface area contributed by atoms with Gasteiger partial charge in [0.1, 0.15) is 0 Å². The molecule has 2 saturated heterocycles. The number of carbonyl (C=O) groups is 2. The number of hydrogen-bond donors (Lipinski definition) is 1. The van der Waals surface area contributed by atoms with E-state index in [1.54, 1.807) is 17.0 Å². The lowest BCUT2D eigenvalue weighted by molar-refractivity contribution is -0.135. The Balaban J connectivity index is 0.00000280. The van der Waals surface area contributed by atoms with Crippen molar-refractivity contribution in [3.05, 3.63) is 33.8 Å². The van der Waals surface area contributed by atoms with Crippen LogP contribution in [-0.4, -0.2) is 67.2 Å². The van der Waals surface area contributed by atoms with Crippen molar-refractivity contribution in [1.82, 2.24) is 15.1 Å². The van der Waals surface area contributed by atoms with Gasteiger partial charge in [0, 0.05) is 25.7 Å². The van der Waals surface area contributed by atoms with Crippen molar-refractivity contribution in [3.8, 4) is 0 Å². The summed E-state index contributed by atoms with van der Waals surface area (Å²) in [6, 6.07) is 5.63. The van der Waals surface area contributed by atoms with E-state index in [0.717, 1.165) is 31.4 Å². The normalized spacial score (nSPS) is 22.0. The smallest absolute Gasteiger partial charge is 0.409 e. The molecule has 2 atom stereocenters. The van der Waals surface area contributed by atoms with Gasteiger partial charge in [-0.1, -0.05) is 29.3 Å². The molecule has 2 amide bonds. The van der Waals surface area contributed by atoms with E-state index in [9.17, 15) is 9.59 Å². The zero-order valence-electron chi connectivity index (χ0n) is 15.8. The van der Waals surface area contributed by atoms with Crippen molar-refractivity contribution in [1.29, 1.82) is 0 Å². The standard InChI is InChI=1S/C19H25Cl2N3O3.ClH/c1-27-19(26)23-7-8-24(15(12-23)11-14-3-2-6-22-14)18(25)10-13-4-5-16(20)17(21)9-13;/h4-5,9,14-15,22H,2-3,6-8,10-12H2,1H3;1H. The molecule has 0 aromatic heterocycles. The van der Waals surface area contributed by atoms with Crippen LogP contribution in [0, 0.1) is 0 Å². The molecule has 0 spiro atoms. The number of carbonyl (C=O) groups excluding carboxylic acids is 2. The zero-order chi connectivity index (χ0) is 19.4. The molecule has 9 heteroatoms. The minimum atomic E-state index is -0.337. The first-order chi connectivity index (χ1) is 13.0. The second-order valence-electron chi connectivity index (χ2n) is 7.11. The number of hydrogen-bond acceptors (Lipinski definition) is 4. The molecule has 2 aliphatic rings. The topological polar surface area (TPSA) is 61.9 Å². The number of benzene rings is 1. The number of amides is 2. The molecule has 1 N–H and O–H groups in total. The Kier molecular flexibility index (Phi) is 8.68. The monoisotopic (exact) mass is 449 g/mol.